The minimum atomic E-state index is -0.694. The number of amides is 1. The zero-order valence-electron chi connectivity index (χ0n) is 17.3. The van der Waals surface area contributed by atoms with Crippen LogP contribution in [0.4, 0.5) is 5.82 Å². The summed E-state index contributed by atoms with van der Waals surface area (Å²) >= 11 is 0. The van der Waals surface area contributed by atoms with Crippen LogP contribution in [0.25, 0.3) is 0 Å². The molecule has 1 atom stereocenters. The summed E-state index contributed by atoms with van der Waals surface area (Å²) in [5.41, 5.74) is 11.1. The fraction of sp³-hybridized carbons (Fsp3) is 0.455. The maximum atomic E-state index is 13.2. The Kier molecular flexibility index (Phi) is 5.77. The number of Topliss-reactive ketones (excluding diaryl/α,β-unsaturated/α-hetero) is 1. The molecule has 31 heavy (non-hydrogen) atoms. The lowest BCUT2D eigenvalue weighted by molar-refractivity contribution is -0.124. The minimum absolute atomic E-state index is 0.0550. The normalized spacial score (nSPS) is 19.3. The van der Waals surface area contributed by atoms with Crippen molar-refractivity contribution in [3.8, 4) is 0 Å². The predicted octanol–water partition coefficient (Wildman–Crippen LogP) is 0.498. The number of piperidine rings is 1. The molecule has 2 aliphatic rings. The van der Waals surface area contributed by atoms with E-state index in [9.17, 15) is 19.2 Å². The molecule has 1 saturated carbocycles. The van der Waals surface area contributed by atoms with E-state index >= 15 is 0 Å². The van der Waals surface area contributed by atoms with Crippen molar-refractivity contribution in [2.75, 3.05) is 18.8 Å². The number of likely N-dealkylation sites (tertiary alicyclic amines) is 1. The first-order valence-electron chi connectivity index (χ1n) is 10.6. The van der Waals surface area contributed by atoms with Crippen LogP contribution >= 0.6 is 0 Å². The summed E-state index contributed by atoms with van der Waals surface area (Å²) in [4.78, 5) is 53.1. The lowest BCUT2D eigenvalue weighted by atomic mass is 10.0. The third kappa shape index (κ3) is 4.18. The molecular formula is C22H27N5O4. The Balaban J connectivity index is 1.74. The number of hydrogen-bond donors (Lipinski definition) is 2. The number of primary amides is 1. The van der Waals surface area contributed by atoms with Gasteiger partial charge < -0.3 is 11.5 Å². The lowest BCUT2D eigenvalue weighted by Crippen LogP contribution is -2.51. The quantitative estimate of drug-likeness (QED) is 0.621. The van der Waals surface area contributed by atoms with E-state index in [2.05, 4.69) is 0 Å². The number of aromatic nitrogens is 2. The summed E-state index contributed by atoms with van der Waals surface area (Å²) in [5, 5.41) is 0. The Hall–Kier alpha value is -3.20. The van der Waals surface area contributed by atoms with Gasteiger partial charge in [0.15, 0.2) is 5.78 Å². The van der Waals surface area contributed by atoms with E-state index in [4.69, 9.17) is 11.5 Å². The third-order valence-corrected chi connectivity index (χ3v) is 6.07. The Morgan fingerprint density at radius 3 is 2.39 bits per heavy atom. The molecule has 1 aromatic carbocycles. The molecule has 2 fully saturated rings. The van der Waals surface area contributed by atoms with Gasteiger partial charge in [-0.1, -0.05) is 36.8 Å². The van der Waals surface area contributed by atoms with Crippen LogP contribution in [0.1, 0.15) is 54.1 Å². The smallest absolute Gasteiger partial charge is 0.333 e. The van der Waals surface area contributed by atoms with Crippen LogP contribution in [0, 0.1) is 0 Å². The van der Waals surface area contributed by atoms with E-state index in [1.54, 1.807) is 4.90 Å². The first-order chi connectivity index (χ1) is 14.9. The predicted molar refractivity (Wildman–Crippen MR) is 116 cm³/mol. The van der Waals surface area contributed by atoms with E-state index in [1.165, 1.54) is 4.57 Å². The number of carbonyl (C=O) groups excluding carboxylic acids is 2. The van der Waals surface area contributed by atoms with Crippen molar-refractivity contribution in [2.45, 2.75) is 50.7 Å². The van der Waals surface area contributed by atoms with Gasteiger partial charge >= 0.3 is 5.69 Å². The molecule has 164 valence electrons. The molecule has 4 rings (SSSR count). The van der Waals surface area contributed by atoms with Gasteiger partial charge in [0.1, 0.15) is 11.4 Å². The topological polar surface area (TPSA) is 133 Å². The van der Waals surface area contributed by atoms with Gasteiger partial charge in [-0.2, -0.15) is 0 Å². The van der Waals surface area contributed by atoms with Crippen LogP contribution in [0.5, 0.6) is 0 Å². The van der Waals surface area contributed by atoms with Crippen LogP contribution < -0.4 is 22.7 Å². The maximum Gasteiger partial charge on any atom is 0.333 e. The summed E-state index contributed by atoms with van der Waals surface area (Å²) in [7, 11) is 0. The monoisotopic (exact) mass is 425 g/mol. The van der Waals surface area contributed by atoms with Crippen molar-refractivity contribution in [1.82, 2.24) is 14.0 Å². The molecule has 1 unspecified atom stereocenters. The van der Waals surface area contributed by atoms with Gasteiger partial charge in [-0.15, -0.1) is 0 Å². The Labute approximate surface area is 179 Å². The maximum absolute atomic E-state index is 13.2. The fourth-order valence-electron chi connectivity index (χ4n) is 4.30. The van der Waals surface area contributed by atoms with Crippen LogP contribution in [-0.4, -0.2) is 44.9 Å². The van der Waals surface area contributed by atoms with Crippen LogP contribution in [0.15, 0.2) is 39.9 Å². The van der Waals surface area contributed by atoms with Crippen molar-refractivity contribution in [1.29, 1.82) is 0 Å². The van der Waals surface area contributed by atoms with Gasteiger partial charge in [-0.25, -0.2) is 4.79 Å². The van der Waals surface area contributed by atoms with E-state index in [-0.39, 0.29) is 30.5 Å². The van der Waals surface area contributed by atoms with E-state index in [1.807, 2.05) is 30.3 Å². The lowest BCUT2D eigenvalue weighted by Gasteiger charge is -2.33. The zero-order valence-corrected chi connectivity index (χ0v) is 17.3. The average Bonchev–Trinajstić information content (AvgIpc) is 3.57. The van der Waals surface area contributed by atoms with E-state index in [0.717, 1.165) is 35.8 Å². The number of ketones is 1. The Morgan fingerprint density at radius 2 is 1.74 bits per heavy atom. The fourth-order valence-corrected chi connectivity index (χ4v) is 4.30. The van der Waals surface area contributed by atoms with Crippen LogP contribution in [0.2, 0.25) is 0 Å². The number of nitrogens with zero attached hydrogens (tertiary/aromatic N) is 3. The minimum Gasteiger partial charge on any atom is -0.384 e. The molecule has 9 heteroatoms. The highest BCUT2D eigenvalue weighted by Gasteiger charge is 2.34. The van der Waals surface area contributed by atoms with Crippen molar-refractivity contribution >= 4 is 17.5 Å². The Morgan fingerprint density at radius 1 is 1.03 bits per heavy atom. The van der Waals surface area contributed by atoms with Gasteiger partial charge in [0.2, 0.25) is 5.91 Å². The van der Waals surface area contributed by atoms with Crippen molar-refractivity contribution in [2.24, 2.45) is 5.73 Å². The molecule has 2 heterocycles. The molecule has 9 nitrogen and oxygen atoms in total. The van der Waals surface area contributed by atoms with Gasteiger partial charge in [0.05, 0.1) is 19.1 Å². The first-order valence-corrected chi connectivity index (χ1v) is 10.6. The number of nitrogen functional groups attached to an aromatic ring is 1. The first kappa shape index (κ1) is 21.0. The molecule has 1 aromatic heterocycles. The summed E-state index contributed by atoms with van der Waals surface area (Å²) in [5.74, 6) is -1.06. The standard InChI is InChI=1S/C22H27N5O4/c23-19-18(17(28)13-25-11-5-4-8-16(25)20(24)29)21(30)26(12-14-6-2-1-3-7-14)22(31)27(19)15-9-10-15/h1-3,6-7,15-16H,4-5,8-13,23H2,(H2,24,29). The molecule has 4 N–H and O–H groups in total. The molecule has 2 aromatic rings. The molecule has 1 aliphatic carbocycles. The summed E-state index contributed by atoms with van der Waals surface area (Å²) in [6, 6.07) is 8.48. The van der Waals surface area contributed by atoms with E-state index in [0.29, 0.717) is 13.0 Å². The van der Waals surface area contributed by atoms with Crippen LogP contribution in [0.3, 0.4) is 0 Å². The zero-order chi connectivity index (χ0) is 22.1. The highest BCUT2D eigenvalue weighted by atomic mass is 16.2. The second kappa shape index (κ2) is 8.50. The number of benzene rings is 1. The highest BCUT2D eigenvalue weighted by molar-refractivity contribution is 6.01. The summed E-state index contributed by atoms with van der Waals surface area (Å²) in [6.45, 7) is 0.459. The van der Waals surface area contributed by atoms with Gasteiger partial charge in [-0.3, -0.25) is 28.4 Å². The molecule has 1 amide bonds. The Bertz CT molecular complexity index is 1120. The molecule has 1 aliphatic heterocycles. The van der Waals surface area contributed by atoms with Crippen molar-refractivity contribution in [3.63, 3.8) is 0 Å². The van der Waals surface area contributed by atoms with Crippen molar-refractivity contribution in [3.05, 3.63) is 62.3 Å². The van der Waals surface area contributed by atoms with Crippen molar-refractivity contribution < 1.29 is 9.59 Å². The molecular weight excluding hydrogens is 398 g/mol. The highest BCUT2D eigenvalue weighted by Crippen LogP contribution is 2.35. The van der Waals surface area contributed by atoms with Gasteiger partial charge in [-0.05, 0) is 37.8 Å². The number of anilines is 1. The number of nitrogens with two attached hydrogens (primary N) is 2. The average molecular weight is 425 g/mol. The SMILES string of the molecule is NC(=O)C1CCCCN1CC(=O)c1c(N)n(C2CC2)c(=O)n(Cc2ccccc2)c1=O. The molecule has 0 bridgehead atoms. The number of hydrogen-bond acceptors (Lipinski definition) is 6. The summed E-state index contributed by atoms with van der Waals surface area (Å²) < 4.78 is 2.46. The molecule has 1 saturated heterocycles. The number of rotatable bonds is 7. The van der Waals surface area contributed by atoms with E-state index < -0.39 is 29.0 Å². The van der Waals surface area contributed by atoms with Gasteiger partial charge in [0, 0.05) is 6.04 Å². The van der Waals surface area contributed by atoms with Crippen LogP contribution in [-0.2, 0) is 11.3 Å². The second-order valence-electron chi connectivity index (χ2n) is 8.33. The summed E-state index contributed by atoms with van der Waals surface area (Å²) in [6.07, 6.45) is 3.83. The largest absolute Gasteiger partial charge is 0.384 e. The third-order valence-electron chi connectivity index (χ3n) is 6.07. The van der Waals surface area contributed by atoms with Gasteiger partial charge in [0.25, 0.3) is 5.56 Å². The molecule has 0 spiro atoms. The number of carbonyl (C=O) groups is 2. The molecule has 0 radical (unpaired) electrons. The second-order valence-corrected chi connectivity index (χ2v) is 8.33.